The molecule has 2 rings (SSSR count). The van der Waals surface area contributed by atoms with Gasteiger partial charge in [-0.3, -0.25) is 0 Å². The second kappa shape index (κ2) is 3.57. The van der Waals surface area contributed by atoms with Crippen LogP contribution in [-0.4, -0.2) is 23.6 Å². The van der Waals surface area contributed by atoms with Crippen LogP contribution in [0.15, 0.2) is 18.2 Å². The van der Waals surface area contributed by atoms with Gasteiger partial charge in [-0.25, -0.2) is 4.98 Å². The highest BCUT2D eigenvalue weighted by Gasteiger charge is 2.02. The van der Waals surface area contributed by atoms with Crippen LogP contribution in [0.1, 0.15) is 6.92 Å². The van der Waals surface area contributed by atoms with Crippen molar-refractivity contribution in [3.8, 4) is 5.75 Å². The largest absolute Gasteiger partial charge is 0.497 e. The van der Waals surface area contributed by atoms with Gasteiger partial charge in [-0.1, -0.05) is 0 Å². The monoisotopic (exact) mass is 191 g/mol. The molecule has 0 aliphatic rings. The molecule has 0 spiro atoms. The molecule has 2 N–H and O–H groups in total. The normalized spacial score (nSPS) is 10.4. The van der Waals surface area contributed by atoms with Crippen LogP contribution in [0.5, 0.6) is 5.75 Å². The van der Waals surface area contributed by atoms with Crippen molar-refractivity contribution < 1.29 is 4.74 Å². The smallest absolute Gasteiger partial charge is 0.201 e. The van der Waals surface area contributed by atoms with Crippen molar-refractivity contribution in [1.82, 2.24) is 9.97 Å². The number of nitrogens with zero attached hydrogens (tertiary/aromatic N) is 1. The van der Waals surface area contributed by atoms with E-state index in [1.807, 2.05) is 25.1 Å². The highest BCUT2D eigenvalue weighted by atomic mass is 16.5. The molecule has 0 saturated heterocycles. The Bertz CT molecular complexity index is 436. The molecule has 0 unspecified atom stereocenters. The molecule has 0 atom stereocenters. The van der Waals surface area contributed by atoms with Gasteiger partial charge in [0, 0.05) is 12.6 Å². The summed E-state index contributed by atoms with van der Waals surface area (Å²) >= 11 is 0. The first kappa shape index (κ1) is 8.87. The Morgan fingerprint density at radius 3 is 3.07 bits per heavy atom. The number of methoxy groups -OCH3 is 1. The van der Waals surface area contributed by atoms with Gasteiger partial charge >= 0.3 is 0 Å². The van der Waals surface area contributed by atoms with Crippen molar-refractivity contribution in [1.29, 1.82) is 0 Å². The molecule has 0 aliphatic carbocycles. The van der Waals surface area contributed by atoms with Crippen molar-refractivity contribution in [2.75, 3.05) is 19.0 Å². The molecule has 4 heteroatoms. The van der Waals surface area contributed by atoms with Gasteiger partial charge in [-0.2, -0.15) is 0 Å². The maximum absolute atomic E-state index is 5.12. The third kappa shape index (κ3) is 1.51. The van der Waals surface area contributed by atoms with Crippen LogP contribution >= 0.6 is 0 Å². The van der Waals surface area contributed by atoms with Gasteiger partial charge in [0.2, 0.25) is 5.95 Å². The first-order chi connectivity index (χ1) is 6.83. The second-order valence-electron chi connectivity index (χ2n) is 3.00. The van der Waals surface area contributed by atoms with Crippen molar-refractivity contribution in [3.63, 3.8) is 0 Å². The summed E-state index contributed by atoms with van der Waals surface area (Å²) in [6, 6.07) is 5.77. The first-order valence-electron chi connectivity index (χ1n) is 4.61. The minimum atomic E-state index is 0.802. The molecule has 0 radical (unpaired) electrons. The van der Waals surface area contributed by atoms with Crippen LogP contribution in [0, 0.1) is 0 Å². The van der Waals surface area contributed by atoms with Crippen LogP contribution in [-0.2, 0) is 0 Å². The Morgan fingerprint density at radius 1 is 1.50 bits per heavy atom. The maximum atomic E-state index is 5.12. The lowest BCUT2D eigenvalue weighted by atomic mass is 10.3. The minimum absolute atomic E-state index is 0.802. The van der Waals surface area contributed by atoms with Gasteiger partial charge in [0.15, 0.2) is 0 Å². The van der Waals surface area contributed by atoms with Gasteiger partial charge in [0.25, 0.3) is 0 Å². The number of fused-ring (bicyclic) bond motifs is 1. The van der Waals surface area contributed by atoms with E-state index < -0.39 is 0 Å². The standard InChI is InChI=1S/C10H13N3O/c1-3-11-10-12-8-5-4-7(14-2)6-9(8)13-10/h4-6H,3H2,1-2H3,(H2,11,12,13). The van der Waals surface area contributed by atoms with Crippen molar-refractivity contribution in [3.05, 3.63) is 18.2 Å². The van der Waals surface area contributed by atoms with Gasteiger partial charge in [-0.05, 0) is 19.1 Å². The van der Waals surface area contributed by atoms with Gasteiger partial charge in [0.1, 0.15) is 5.75 Å². The summed E-state index contributed by atoms with van der Waals surface area (Å²) < 4.78 is 5.12. The van der Waals surface area contributed by atoms with Crippen molar-refractivity contribution in [2.45, 2.75) is 6.92 Å². The number of H-pyrrole nitrogens is 1. The number of aromatic amines is 1. The molecule has 0 saturated carbocycles. The van der Waals surface area contributed by atoms with E-state index in [2.05, 4.69) is 15.3 Å². The first-order valence-corrected chi connectivity index (χ1v) is 4.61. The Labute approximate surface area is 82.3 Å². The average Bonchev–Trinajstić information content (AvgIpc) is 2.59. The molecule has 2 aromatic rings. The summed E-state index contributed by atoms with van der Waals surface area (Å²) in [4.78, 5) is 7.52. The molecule has 1 heterocycles. The second-order valence-corrected chi connectivity index (χ2v) is 3.00. The molecule has 4 nitrogen and oxygen atoms in total. The SMILES string of the molecule is CCNc1nc2ccc(OC)cc2[nH]1. The third-order valence-corrected chi connectivity index (χ3v) is 2.03. The van der Waals surface area contributed by atoms with Crippen molar-refractivity contribution in [2.24, 2.45) is 0 Å². The highest BCUT2D eigenvalue weighted by molar-refractivity contribution is 5.78. The number of hydrogen-bond acceptors (Lipinski definition) is 3. The molecular weight excluding hydrogens is 178 g/mol. The molecule has 1 aromatic heterocycles. The van der Waals surface area contributed by atoms with Crippen LogP contribution in [0.4, 0.5) is 5.95 Å². The summed E-state index contributed by atoms with van der Waals surface area (Å²) in [7, 11) is 1.66. The Balaban J connectivity index is 2.43. The van der Waals surface area contributed by atoms with E-state index in [0.717, 1.165) is 29.3 Å². The number of imidazole rings is 1. The fourth-order valence-corrected chi connectivity index (χ4v) is 1.37. The topological polar surface area (TPSA) is 49.9 Å². The number of hydrogen-bond donors (Lipinski definition) is 2. The van der Waals surface area contributed by atoms with E-state index in [1.54, 1.807) is 7.11 Å². The van der Waals surface area contributed by atoms with Crippen LogP contribution in [0.25, 0.3) is 11.0 Å². The van der Waals surface area contributed by atoms with E-state index in [9.17, 15) is 0 Å². The van der Waals surface area contributed by atoms with Crippen molar-refractivity contribution >= 4 is 17.0 Å². The van der Waals surface area contributed by atoms with E-state index in [-0.39, 0.29) is 0 Å². The Kier molecular flexibility index (Phi) is 2.26. The Hall–Kier alpha value is -1.71. The zero-order valence-corrected chi connectivity index (χ0v) is 8.29. The average molecular weight is 191 g/mol. The lowest BCUT2D eigenvalue weighted by Crippen LogP contribution is -1.97. The van der Waals surface area contributed by atoms with Crippen LogP contribution in [0.3, 0.4) is 0 Å². The number of rotatable bonds is 3. The third-order valence-electron chi connectivity index (χ3n) is 2.03. The van der Waals surface area contributed by atoms with E-state index in [1.165, 1.54) is 0 Å². The quantitative estimate of drug-likeness (QED) is 0.780. The zero-order chi connectivity index (χ0) is 9.97. The van der Waals surface area contributed by atoms with Crippen LogP contribution < -0.4 is 10.1 Å². The van der Waals surface area contributed by atoms with Gasteiger partial charge < -0.3 is 15.0 Å². The molecule has 0 amide bonds. The number of nitrogens with one attached hydrogen (secondary N) is 2. The lowest BCUT2D eigenvalue weighted by Gasteiger charge is -1.96. The van der Waals surface area contributed by atoms with E-state index in [4.69, 9.17) is 4.74 Å². The fourth-order valence-electron chi connectivity index (χ4n) is 1.37. The molecule has 0 fully saturated rings. The summed E-state index contributed by atoms with van der Waals surface area (Å²) in [5, 5.41) is 3.13. The van der Waals surface area contributed by atoms with Gasteiger partial charge in [-0.15, -0.1) is 0 Å². The summed E-state index contributed by atoms with van der Waals surface area (Å²) in [6.07, 6.45) is 0. The maximum Gasteiger partial charge on any atom is 0.201 e. The molecule has 74 valence electrons. The predicted octanol–water partition coefficient (Wildman–Crippen LogP) is 2.00. The molecule has 0 bridgehead atoms. The number of benzene rings is 1. The highest BCUT2D eigenvalue weighted by Crippen LogP contribution is 2.19. The number of aromatic nitrogens is 2. The lowest BCUT2D eigenvalue weighted by molar-refractivity contribution is 0.415. The summed E-state index contributed by atoms with van der Waals surface area (Å²) in [5.74, 6) is 1.64. The Morgan fingerprint density at radius 2 is 2.36 bits per heavy atom. The predicted molar refractivity (Wildman–Crippen MR) is 56.8 cm³/mol. The van der Waals surface area contributed by atoms with Crippen LogP contribution in [0.2, 0.25) is 0 Å². The van der Waals surface area contributed by atoms with E-state index >= 15 is 0 Å². The fraction of sp³-hybridized carbons (Fsp3) is 0.300. The molecule has 14 heavy (non-hydrogen) atoms. The summed E-state index contributed by atoms with van der Waals surface area (Å²) in [5.41, 5.74) is 1.93. The zero-order valence-electron chi connectivity index (χ0n) is 8.29. The number of anilines is 1. The summed E-state index contributed by atoms with van der Waals surface area (Å²) in [6.45, 7) is 2.89. The number of ether oxygens (including phenoxy) is 1. The molecule has 1 aromatic carbocycles. The molecular formula is C10H13N3O. The van der Waals surface area contributed by atoms with E-state index in [0.29, 0.717) is 0 Å². The minimum Gasteiger partial charge on any atom is -0.497 e. The molecule has 0 aliphatic heterocycles. The van der Waals surface area contributed by atoms with Gasteiger partial charge in [0.05, 0.1) is 18.1 Å².